The van der Waals surface area contributed by atoms with Gasteiger partial charge in [-0.15, -0.1) is 0 Å². The van der Waals surface area contributed by atoms with Crippen molar-refractivity contribution in [2.24, 2.45) is 13.0 Å². The van der Waals surface area contributed by atoms with Gasteiger partial charge in [0.15, 0.2) is 0 Å². The molecule has 5 nitrogen and oxygen atoms in total. The van der Waals surface area contributed by atoms with Gasteiger partial charge in [-0.2, -0.15) is 0 Å². The molecule has 1 atom stereocenters. The first-order valence-corrected chi connectivity index (χ1v) is 15.6. The van der Waals surface area contributed by atoms with Crippen molar-refractivity contribution < 1.29 is 18.9 Å². The molecule has 2 aromatic carbocycles. The Bertz CT molecular complexity index is 1300. The van der Waals surface area contributed by atoms with Gasteiger partial charge in [0.25, 0.3) is 0 Å². The SMILES string of the molecule is CC(c1ccccc1-c1ccc(F)cc1)n1c[n+](C)cc1C(=O)CCC1CCCC(N2CCC(C)(O)CC2)CCC1. The van der Waals surface area contributed by atoms with Gasteiger partial charge >= 0.3 is 0 Å². The average Bonchev–Trinajstić information content (AvgIpc) is 3.34. The Morgan fingerprint density at radius 1 is 1.05 bits per heavy atom. The van der Waals surface area contributed by atoms with Gasteiger partial charge in [-0.3, -0.25) is 4.79 Å². The summed E-state index contributed by atoms with van der Waals surface area (Å²) in [4.78, 5) is 16.2. The highest BCUT2D eigenvalue weighted by atomic mass is 19.1. The van der Waals surface area contributed by atoms with Crippen LogP contribution in [0.2, 0.25) is 0 Å². The summed E-state index contributed by atoms with van der Waals surface area (Å²) in [7, 11) is 1.97. The molecule has 0 amide bonds. The molecule has 1 aliphatic heterocycles. The van der Waals surface area contributed by atoms with Crippen molar-refractivity contribution >= 4 is 5.78 Å². The molecule has 0 spiro atoms. The van der Waals surface area contributed by atoms with E-state index < -0.39 is 5.60 Å². The van der Waals surface area contributed by atoms with Crippen LogP contribution in [0.25, 0.3) is 11.1 Å². The minimum Gasteiger partial charge on any atom is -0.390 e. The molecule has 5 rings (SSSR count). The number of rotatable bonds is 8. The smallest absolute Gasteiger partial charge is 0.244 e. The second kappa shape index (κ2) is 13.0. The molecule has 1 unspecified atom stereocenters. The summed E-state index contributed by atoms with van der Waals surface area (Å²) in [5.74, 6) is 0.568. The molecule has 6 heteroatoms. The Hall–Kier alpha value is -2.83. The topological polar surface area (TPSA) is 49.3 Å². The highest BCUT2D eigenvalue weighted by Gasteiger charge is 2.32. The van der Waals surface area contributed by atoms with Gasteiger partial charge in [0, 0.05) is 31.1 Å². The molecule has 3 aromatic rings. The summed E-state index contributed by atoms with van der Waals surface area (Å²) in [6.45, 7) is 6.13. The van der Waals surface area contributed by atoms with Gasteiger partial charge in [0.1, 0.15) is 18.1 Å². The van der Waals surface area contributed by atoms with Crippen LogP contribution in [0.1, 0.15) is 100 Å². The number of aryl methyl sites for hydroxylation is 1. The van der Waals surface area contributed by atoms with E-state index in [0.717, 1.165) is 54.7 Å². The van der Waals surface area contributed by atoms with Crippen LogP contribution in [0, 0.1) is 11.7 Å². The Morgan fingerprint density at radius 3 is 2.39 bits per heavy atom. The second-order valence-electron chi connectivity index (χ2n) is 12.8. The maximum Gasteiger partial charge on any atom is 0.244 e. The summed E-state index contributed by atoms with van der Waals surface area (Å²) < 4.78 is 17.7. The Balaban J connectivity index is 1.20. The average molecular weight is 561 g/mol. The minimum absolute atomic E-state index is 0.0479. The van der Waals surface area contributed by atoms with Gasteiger partial charge in [0.2, 0.25) is 17.8 Å². The molecule has 1 saturated carbocycles. The van der Waals surface area contributed by atoms with Crippen LogP contribution in [0.4, 0.5) is 4.39 Å². The van der Waals surface area contributed by atoms with E-state index in [1.807, 2.05) is 55.3 Å². The first kappa shape index (κ1) is 29.7. The number of piperidine rings is 1. The predicted molar refractivity (Wildman–Crippen MR) is 161 cm³/mol. The number of aliphatic hydroxyl groups is 1. The van der Waals surface area contributed by atoms with Crippen LogP contribution in [-0.4, -0.2) is 45.1 Å². The quantitative estimate of drug-likeness (QED) is 0.241. The number of nitrogens with zero attached hydrogens (tertiary/aromatic N) is 3. The lowest BCUT2D eigenvalue weighted by Gasteiger charge is -2.41. The fourth-order valence-electron chi connectivity index (χ4n) is 7.04. The molecular weight excluding hydrogens is 513 g/mol. The summed E-state index contributed by atoms with van der Waals surface area (Å²) in [6.07, 6.45) is 14.6. The van der Waals surface area contributed by atoms with E-state index in [1.54, 1.807) is 0 Å². The van der Waals surface area contributed by atoms with Crippen molar-refractivity contribution in [2.75, 3.05) is 13.1 Å². The number of hydrogen-bond donors (Lipinski definition) is 1. The van der Waals surface area contributed by atoms with E-state index in [1.165, 1.54) is 50.7 Å². The molecule has 220 valence electrons. The maximum atomic E-state index is 13.6. The van der Waals surface area contributed by atoms with Gasteiger partial charge in [-0.05, 0) is 75.1 Å². The summed E-state index contributed by atoms with van der Waals surface area (Å²) in [5.41, 5.74) is 3.39. The number of aromatic nitrogens is 2. The fourth-order valence-corrected chi connectivity index (χ4v) is 7.04. The number of Topliss-reactive ketones (excluding diaryl/α,β-unsaturated/α-hetero) is 1. The van der Waals surface area contributed by atoms with Crippen molar-refractivity contribution in [3.8, 4) is 11.1 Å². The zero-order valence-corrected chi connectivity index (χ0v) is 25.1. The van der Waals surface area contributed by atoms with Crippen molar-refractivity contribution in [1.82, 2.24) is 9.47 Å². The highest BCUT2D eigenvalue weighted by molar-refractivity contribution is 5.94. The van der Waals surface area contributed by atoms with Crippen LogP contribution in [0.15, 0.2) is 61.1 Å². The molecule has 2 fully saturated rings. The van der Waals surface area contributed by atoms with Crippen molar-refractivity contribution in [2.45, 2.75) is 95.7 Å². The van der Waals surface area contributed by atoms with Gasteiger partial charge in [0.05, 0.1) is 12.6 Å². The third kappa shape index (κ3) is 7.34. The van der Waals surface area contributed by atoms with E-state index in [4.69, 9.17) is 0 Å². The fraction of sp³-hybridized carbons (Fsp3) is 0.543. The van der Waals surface area contributed by atoms with Crippen LogP contribution >= 0.6 is 0 Å². The molecule has 2 heterocycles. The molecule has 1 aliphatic carbocycles. The molecule has 41 heavy (non-hydrogen) atoms. The number of benzene rings is 2. The number of likely N-dealkylation sites (tertiary alicyclic amines) is 1. The van der Waals surface area contributed by atoms with Gasteiger partial charge in [-0.25, -0.2) is 13.5 Å². The van der Waals surface area contributed by atoms with E-state index >= 15 is 0 Å². The summed E-state index contributed by atoms with van der Waals surface area (Å²) in [5, 5.41) is 10.3. The predicted octanol–water partition coefficient (Wildman–Crippen LogP) is 6.88. The van der Waals surface area contributed by atoms with E-state index in [-0.39, 0.29) is 17.6 Å². The van der Waals surface area contributed by atoms with Gasteiger partial charge < -0.3 is 10.0 Å². The molecule has 0 bridgehead atoms. The Morgan fingerprint density at radius 2 is 1.71 bits per heavy atom. The highest BCUT2D eigenvalue weighted by Crippen LogP contribution is 2.33. The van der Waals surface area contributed by atoms with E-state index in [2.05, 4.69) is 28.5 Å². The van der Waals surface area contributed by atoms with Crippen molar-refractivity contribution in [1.29, 1.82) is 0 Å². The van der Waals surface area contributed by atoms with Crippen molar-refractivity contribution in [3.05, 3.63) is 78.1 Å². The molecule has 0 radical (unpaired) electrons. The number of halogens is 1. The lowest BCUT2D eigenvalue weighted by molar-refractivity contribution is -0.671. The maximum absolute atomic E-state index is 13.6. The zero-order valence-electron chi connectivity index (χ0n) is 25.1. The standard InChI is InChI=1S/C35H47FN3O2/c1-26(31-12-4-5-13-32(31)28-15-17-29(36)18-16-28)39-25-37(3)24-33(39)34(40)19-14-27-8-6-10-30(11-7-9-27)38-22-20-35(2,41)21-23-38/h4-5,12-13,15-18,24-27,30,41H,6-11,14,19-23H2,1-3H3/q+1. The molecule has 1 aromatic heterocycles. The summed E-state index contributed by atoms with van der Waals surface area (Å²) in [6, 6.07) is 15.4. The minimum atomic E-state index is -0.490. The first-order chi connectivity index (χ1) is 19.7. The van der Waals surface area contributed by atoms with Crippen LogP contribution < -0.4 is 4.57 Å². The molecule has 2 aliphatic rings. The number of hydrogen-bond acceptors (Lipinski definition) is 3. The lowest BCUT2D eigenvalue weighted by atomic mass is 9.84. The lowest BCUT2D eigenvalue weighted by Crippen LogP contribution is -2.47. The molecule has 1 saturated heterocycles. The Labute approximate surface area is 245 Å². The third-order valence-electron chi connectivity index (χ3n) is 9.65. The van der Waals surface area contributed by atoms with Gasteiger partial charge in [-0.1, -0.05) is 62.1 Å². The first-order valence-electron chi connectivity index (χ1n) is 15.6. The van der Waals surface area contributed by atoms with E-state index in [9.17, 15) is 14.3 Å². The Kier molecular flexibility index (Phi) is 9.40. The third-order valence-corrected chi connectivity index (χ3v) is 9.65. The zero-order chi connectivity index (χ0) is 29.0. The second-order valence-corrected chi connectivity index (χ2v) is 12.8. The number of carbonyl (C=O) groups is 1. The monoisotopic (exact) mass is 560 g/mol. The van der Waals surface area contributed by atoms with Crippen LogP contribution in [-0.2, 0) is 7.05 Å². The van der Waals surface area contributed by atoms with Crippen LogP contribution in [0.3, 0.4) is 0 Å². The number of imidazole rings is 1. The van der Waals surface area contributed by atoms with Crippen molar-refractivity contribution in [3.63, 3.8) is 0 Å². The van der Waals surface area contributed by atoms with Crippen LogP contribution in [0.5, 0.6) is 0 Å². The molecular formula is C35H47FN3O2+. The molecule has 1 N–H and O–H groups in total. The van der Waals surface area contributed by atoms with E-state index in [0.29, 0.717) is 18.4 Å². The number of ketones is 1. The summed E-state index contributed by atoms with van der Waals surface area (Å²) >= 11 is 0. The largest absolute Gasteiger partial charge is 0.390 e. The normalized spacial score (nSPS) is 22.6. The number of carbonyl (C=O) groups excluding carboxylic acids is 1.